The van der Waals surface area contributed by atoms with Gasteiger partial charge in [-0.25, -0.2) is 0 Å². The van der Waals surface area contributed by atoms with Gasteiger partial charge < -0.3 is 0 Å². The molecule has 0 heteroatoms. The van der Waals surface area contributed by atoms with Crippen molar-refractivity contribution in [1.82, 2.24) is 0 Å². The average molecular weight is 431 g/mol. The van der Waals surface area contributed by atoms with E-state index in [1.807, 2.05) is 0 Å². The molecule has 0 amide bonds. The van der Waals surface area contributed by atoms with E-state index in [9.17, 15) is 0 Å². The van der Waals surface area contributed by atoms with E-state index in [-0.39, 0.29) is 5.41 Å². The summed E-state index contributed by atoms with van der Waals surface area (Å²) in [4.78, 5) is 0. The van der Waals surface area contributed by atoms with Crippen molar-refractivity contribution < 1.29 is 0 Å². The van der Waals surface area contributed by atoms with Crippen LogP contribution < -0.4 is 0 Å². The molecule has 0 nitrogen and oxygen atoms in total. The van der Waals surface area contributed by atoms with Crippen LogP contribution in [0.15, 0.2) is 36.4 Å². The number of benzene rings is 2. The van der Waals surface area contributed by atoms with Gasteiger partial charge in [-0.2, -0.15) is 0 Å². The van der Waals surface area contributed by atoms with Crippen molar-refractivity contribution in [3.63, 3.8) is 0 Å². The van der Waals surface area contributed by atoms with Crippen molar-refractivity contribution in [2.24, 2.45) is 0 Å². The van der Waals surface area contributed by atoms with Gasteiger partial charge in [0, 0.05) is 5.41 Å². The molecule has 1 fully saturated rings. The first-order valence-electron chi connectivity index (χ1n) is 13.9. The van der Waals surface area contributed by atoms with Gasteiger partial charge in [-0.05, 0) is 48.9 Å². The molecule has 0 aliphatic heterocycles. The highest BCUT2D eigenvalue weighted by Crippen LogP contribution is 2.54. The molecule has 0 saturated heterocycles. The lowest BCUT2D eigenvalue weighted by Gasteiger charge is -2.33. The van der Waals surface area contributed by atoms with E-state index in [1.54, 1.807) is 11.1 Å². The lowest BCUT2D eigenvalue weighted by Crippen LogP contribution is -2.25. The minimum Gasteiger partial charge on any atom is -0.0587 e. The first-order valence-corrected chi connectivity index (χ1v) is 13.9. The first-order chi connectivity index (χ1) is 15.7. The summed E-state index contributed by atoms with van der Waals surface area (Å²) in [6, 6.07) is 14.6. The van der Waals surface area contributed by atoms with Crippen LogP contribution in [0.2, 0.25) is 0 Å². The maximum Gasteiger partial charge on any atom is 0.0215 e. The predicted octanol–water partition coefficient (Wildman–Crippen LogP) is 10.2. The Labute approximate surface area is 198 Å². The van der Waals surface area contributed by atoms with Gasteiger partial charge in [-0.3, -0.25) is 0 Å². The summed E-state index contributed by atoms with van der Waals surface area (Å²) in [5.41, 5.74) is 9.42. The van der Waals surface area contributed by atoms with Crippen LogP contribution in [0.1, 0.15) is 131 Å². The molecule has 4 rings (SSSR count). The van der Waals surface area contributed by atoms with Crippen molar-refractivity contribution in [2.75, 3.05) is 0 Å². The van der Waals surface area contributed by atoms with Crippen LogP contribution in [0.3, 0.4) is 0 Å². The number of hydrogen-bond acceptors (Lipinski definition) is 0. The Balaban J connectivity index is 1.58. The Morgan fingerprint density at radius 2 is 0.750 bits per heavy atom. The zero-order chi connectivity index (χ0) is 22.2. The van der Waals surface area contributed by atoms with E-state index in [4.69, 9.17) is 0 Å². The van der Waals surface area contributed by atoms with E-state index >= 15 is 0 Å². The van der Waals surface area contributed by atoms with Gasteiger partial charge in [-0.15, -0.1) is 0 Å². The SMILES string of the molecule is Cc1ccc2c(c1)C1(CCCCCCCCCCCCCCCCC1)c1cc(C)ccc1-2. The second kappa shape index (κ2) is 11.5. The lowest BCUT2D eigenvalue weighted by molar-refractivity contribution is 0.395. The Kier molecular flexibility index (Phi) is 8.50. The summed E-state index contributed by atoms with van der Waals surface area (Å²) in [6.07, 6.45) is 24.2. The molecule has 32 heavy (non-hydrogen) atoms. The zero-order valence-corrected chi connectivity index (χ0v) is 21.0. The van der Waals surface area contributed by atoms with Crippen LogP contribution in [0.5, 0.6) is 0 Å². The second-order valence-corrected chi connectivity index (χ2v) is 11.0. The molecule has 2 aromatic carbocycles. The molecular formula is C32H46. The molecule has 0 aromatic heterocycles. The Morgan fingerprint density at radius 1 is 0.438 bits per heavy atom. The van der Waals surface area contributed by atoms with Crippen LogP contribution >= 0.6 is 0 Å². The average Bonchev–Trinajstić information content (AvgIpc) is 3.04. The molecule has 0 radical (unpaired) electrons. The quantitative estimate of drug-likeness (QED) is 0.390. The van der Waals surface area contributed by atoms with Gasteiger partial charge >= 0.3 is 0 Å². The first kappa shape index (κ1) is 23.6. The fourth-order valence-electron chi connectivity index (χ4n) is 6.54. The fourth-order valence-corrected chi connectivity index (χ4v) is 6.54. The zero-order valence-electron chi connectivity index (χ0n) is 21.0. The van der Waals surface area contributed by atoms with Crippen LogP contribution in [0, 0.1) is 13.8 Å². The van der Waals surface area contributed by atoms with Crippen molar-refractivity contribution in [3.05, 3.63) is 58.7 Å². The van der Waals surface area contributed by atoms with Crippen LogP contribution in [0.4, 0.5) is 0 Å². The Morgan fingerprint density at radius 3 is 1.09 bits per heavy atom. The number of hydrogen-bond donors (Lipinski definition) is 0. The minimum atomic E-state index is 0.244. The molecular weight excluding hydrogens is 384 g/mol. The second-order valence-electron chi connectivity index (χ2n) is 11.0. The summed E-state index contributed by atoms with van der Waals surface area (Å²) in [5.74, 6) is 0. The molecule has 1 saturated carbocycles. The highest BCUT2D eigenvalue weighted by atomic mass is 14.4. The monoisotopic (exact) mass is 430 g/mol. The topological polar surface area (TPSA) is 0 Å². The third-order valence-corrected chi connectivity index (χ3v) is 8.38. The molecule has 1 spiro atoms. The van der Waals surface area contributed by atoms with Crippen molar-refractivity contribution >= 4 is 0 Å². The van der Waals surface area contributed by atoms with E-state index in [2.05, 4.69) is 50.2 Å². The van der Waals surface area contributed by atoms with Gasteiger partial charge in [0.2, 0.25) is 0 Å². The highest BCUT2D eigenvalue weighted by Gasteiger charge is 2.42. The largest absolute Gasteiger partial charge is 0.0587 e. The van der Waals surface area contributed by atoms with Gasteiger partial charge in [0.15, 0.2) is 0 Å². The molecule has 2 aliphatic carbocycles. The molecule has 0 unspecified atom stereocenters. The molecule has 0 bridgehead atoms. The summed E-state index contributed by atoms with van der Waals surface area (Å²) in [6.45, 7) is 4.56. The highest BCUT2D eigenvalue weighted by molar-refractivity contribution is 5.81. The van der Waals surface area contributed by atoms with Crippen LogP contribution in [0.25, 0.3) is 11.1 Å². The van der Waals surface area contributed by atoms with E-state index in [1.165, 1.54) is 131 Å². The predicted molar refractivity (Wildman–Crippen MR) is 141 cm³/mol. The number of rotatable bonds is 0. The third-order valence-electron chi connectivity index (χ3n) is 8.38. The normalized spacial score (nSPS) is 20.8. The van der Waals surface area contributed by atoms with E-state index < -0.39 is 0 Å². The van der Waals surface area contributed by atoms with Crippen molar-refractivity contribution in [1.29, 1.82) is 0 Å². The van der Waals surface area contributed by atoms with Gasteiger partial charge in [0.05, 0.1) is 0 Å². The minimum absolute atomic E-state index is 0.244. The summed E-state index contributed by atoms with van der Waals surface area (Å²) in [7, 11) is 0. The van der Waals surface area contributed by atoms with Gasteiger partial charge in [0.1, 0.15) is 0 Å². The van der Waals surface area contributed by atoms with Gasteiger partial charge in [0.25, 0.3) is 0 Å². The Hall–Kier alpha value is -1.56. The lowest BCUT2D eigenvalue weighted by atomic mass is 9.70. The molecule has 0 atom stereocenters. The standard InChI is InChI=1S/C32H46/c1-26-18-20-28-29-21-19-27(2)25-31(29)32(30(28)24-26)22-16-14-12-10-8-6-4-3-5-7-9-11-13-15-17-23-32/h18-21,24-25H,3-17,22-23H2,1-2H3. The number of fused-ring (bicyclic) bond motifs is 5. The summed E-state index contributed by atoms with van der Waals surface area (Å²) in [5, 5.41) is 0. The van der Waals surface area contributed by atoms with E-state index in [0.29, 0.717) is 0 Å². The molecule has 0 heterocycles. The van der Waals surface area contributed by atoms with Crippen LogP contribution in [-0.4, -0.2) is 0 Å². The smallest absolute Gasteiger partial charge is 0.0215 e. The fraction of sp³-hybridized carbons (Fsp3) is 0.625. The van der Waals surface area contributed by atoms with Crippen molar-refractivity contribution in [3.8, 4) is 11.1 Å². The van der Waals surface area contributed by atoms with Crippen LogP contribution in [-0.2, 0) is 5.41 Å². The maximum atomic E-state index is 2.54. The summed E-state index contributed by atoms with van der Waals surface area (Å²) >= 11 is 0. The number of aryl methyl sites for hydroxylation is 2. The molecule has 174 valence electrons. The maximum absolute atomic E-state index is 2.54. The Bertz CT molecular complexity index is 787. The van der Waals surface area contributed by atoms with E-state index in [0.717, 1.165) is 0 Å². The van der Waals surface area contributed by atoms with Gasteiger partial charge in [-0.1, -0.05) is 144 Å². The van der Waals surface area contributed by atoms with Crippen molar-refractivity contribution in [2.45, 2.75) is 128 Å². The molecule has 2 aliphatic rings. The summed E-state index contributed by atoms with van der Waals surface area (Å²) < 4.78 is 0. The molecule has 2 aromatic rings. The third kappa shape index (κ3) is 5.49. The molecule has 0 N–H and O–H groups in total.